The number of pyridine rings is 2. The van der Waals surface area contributed by atoms with Crippen LogP contribution in [0.2, 0.25) is 0 Å². The van der Waals surface area contributed by atoms with E-state index in [1.54, 1.807) is 23.4 Å². The lowest BCUT2D eigenvalue weighted by atomic mass is 9.70. The van der Waals surface area contributed by atoms with E-state index in [4.69, 9.17) is 0 Å². The second kappa shape index (κ2) is 12.3. The number of halogens is 2. The number of hydrogen-bond donors (Lipinski definition) is 2. The molecule has 3 aromatic rings. The Morgan fingerprint density at radius 3 is 2.68 bits per heavy atom. The highest BCUT2D eigenvalue weighted by Crippen LogP contribution is 2.42. The molecular weight excluding hydrogens is 545 g/mol. The van der Waals surface area contributed by atoms with Crippen molar-refractivity contribution in [3.05, 3.63) is 71.2 Å². The summed E-state index contributed by atoms with van der Waals surface area (Å²) >= 11 is 0. The number of carbonyl (C=O) groups is 2. The summed E-state index contributed by atoms with van der Waals surface area (Å²) in [7, 11) is 2.41. The molecule has 3 heterocycles. The highest BCUT2D eigenvalue weighted by Gasteiger charge is 2.35. The van der Waals surface area contributed by atoms with Crippen LogP contribution in [0.25, 0.3) is 11.3 Å². The van der Waals surface area contributed by atoms with Gasteiger partial charge in [-0.15, -0.1) is 9.24 Å². The van der Waals surface area contributed by atoms with Crippen molar-refractivity contribution < 1.29 is 23.5 Å². The summed E-state index contributed by atoms with van der Waals surface area (Å²) < 4.78 is 30.3. The molecule has 7 nitrogen and oxygen atoms in total. The van der Waals surface area contributed by atoms with E-state index >= 15 is 4.39 Å². The van der Waals surface area contributed by atoms with Gasteiger partial charge in [0.2, 0.25) is 5.91 Å². The molecule has 2 aliphatic rings. The lowest BCUT2D eigenvalue weighted by Gasteiger charge is -2.38. The summed E-state index contributed by atoms with van der Waals surface area (Å²) in [5.41, 5.74) is 1.57. The molecule has 5 rings (SSSR count). The van der Waals surface area contributed by atoms with Crippen molar-refractivity contribution in [2.75, 3.05) is 11.9 Å². The minimum atomic E-state index is -0.760. The highest BCUT2D eigenvalue weighted by atomic mass is 31.0. The van der Waals surface area contributed by atoms with Crippen LogP contribution < -0.4 is 10.6 Å². The molecule has 41 heavy (non-hydrogen) atoms. The van der Waals surface area contributed by atoms with Crippen LogP contribution >= 0.6 is 9.24 Å². The number of aliphatic hydroxyl groups is 1. The third kappa shape index (κ3) is 6.16. The van der Waals surface area contributed by atoms with Crippen molar-refractivity contribution in [3.8, 4) is 11.3 Å². The Morgan fingerprint density at radius 2 is 2.00 bits per heavy atom. The van der Waals surface area contributed by atoms with Gasteiger partial charge in [-0.3, -0.25) is 14.6 Å². The first-order chi connectivity index (χ1) is 19.7. The van der Waals surface area contributed by atoms with Crippen LogP contribution in [0.5, 0.6) is 0 Å². The Labute approximate surface area is 241 Å². The van der Waals surface area contributed by atoms with Crippen molar-refractivity contribution in [1.82, 2.24) is 14.9 Å². The van der Waals surface area contributed by atoms with E-state index in [9.17, 15) is 19.1 Å². The first-order valence-electron chi connectivity index (χ1n) is 14.1. The van der Waals surface area contributed by atoms with Gasteiger partial charge >= 0.3 is 0 Å². The fourth-order valence-corrected chi connectivity index (χ4v) is 6.90. The van der Waals surface area contributed by atoms with Gasteiger partial charge in [-0.2, -0.15) is 0 Å². The average molecular weight is 581 g/mol. The van der Waals surface area contributed by atoms with Crippen LogP contribution in [0.4, 0.5) is 14.5 Å². The van der Waals surface area contributed by atoms with E-state index in [1.807, 2.05) is 6.07 Å². The van der Waals surface area contributed by atoms with Gasteiger partial charge in [-0.1, -0.05) is 20.3 Å². The molecule has 1 aliphatic carbocycles. The molecular formula is C31H35F2N4O3P. The van der Waals surface area contributed by atoms with Crippen molar-refractivity contribution in [2.45, 2.75) is 64.5 Å². The lowest BCUT2D eigenvalue weighted by Crippen LogP contribution is -2.34. The molecule has 2 fully saturated rings. The Hall–Kier alpha value is -3.29. The van der Waals surface area contributed by atoms with Crippen LogP contribution in [-0.4, -0.2) is 44.4 Å². The minimum Gasteiger partial charge on any atom is -0.393 e. The molecule has 5 atom stereocenters. The van der Waals surface area contributed by atoms with E-state index in [0.29, 0.717) is 41.9 Å². The monoisotopic (exact) mass is 580 g/mol. The fraction of sp³-hybridized carbons (Fsp3) is 0.419. The number of rotatable bonds is 7. The van der Waals surface area contributed by atoms with Gasteiger partial charge in [-0.25, -0.2) is 13.8 Å². The molecule has 0 spiro atoms. The standard InChI is InChI=1S/C31H35F2N4O3P/c1-3-20-17(2)11-19(14-26(20)38)21-8-9-34-15-25(21)36-31(40)24-7-6-22(32)30(35-24)29-23(33)12-18(13-27(29)41)16-37-10-4-5-28(37)39/h6-9,12-13,15,17,19-20,26,38H,3-5,10-11,14,16,41H2,1-2H3,(H,36,40). The molecule has 1 aliphatic heterocycles. The smallest absolute Gasteiger partial charge is 0.274 e. The van der Waals surface area contributed by atoms with Gasteiger partial charge in [0.1, 0.15) is 23.0 Å². The normalized spacial score (nSPS) is 22.7. The minimum absolute atomic E-state index is 0.0299. The van der Waals surface area contributed by atoms with Gasteiger partial charge < -0.3 is 15.3 Å². The molecule has 1 saturated carbocycles. The first-order valence-corrected chi connectivity index (χ1v) is 14.7. The van der Waals surface area contributed by atoms with Crippen molar-refractivity contribution in [2.24, 2.45) is 11.8 Å². The molecule has 2 aromatic heterocycles. The molecule has 216 valence electrons. The Bertz CT molecular complexity index is 1430. The zero-order chi connectivity index (χ0) is 29.3. The van der Waals surface area contributed by atoms with Gasteiger partial charge in [-0.05, 0) is 83.8 Å². The molecule has 5 unspecified atom stereocenters. The SMILES string of the molecule is CCC1C(C)CC(c2ccncc2NC(=O)c2ccc(F)c(-c3c(F)cc(CN4CCCC4=O)cc3P)n2)CC1O. The van der Waals surface area contributed by atoms with E-state index in [0.717, 1.165) is 30.9 Å². The van der Waals surface area contributed by atoms with Crippen molar-refractivity contribution in [3.63, 3.8) is 0 Å². The summed E-state index contributed by atoms with van der Waals surface area (Å²) in [5, 5.41) is 14.0. The summed E-state index contributed by atoms with van der Waals surface area (Å²) in [4.78, 5) is 35.4. The number of amides is 2. The highest BCUT2D eigenvalue weighted by molar-refractivity contribution is 7.28. The Morgan fingerprint density at radius 1 is 1.20 bits per heavy atom. The van der Waals surface area contributed by atoms with Gasteiger partial charge in [0.25, 0.3) is 5.91 Å². The molecule has 10 heteroatoms. The van der Waals surface area contributed by atoms with Crippen LogP contribution in [0.1, 0.15) is 73.5 Å². The second-order valence-corrected chi connectivity index (χ2v) is 11.8. The number of benzene rings is 1. The third-order valence-corrected chi connectivity index (χ3v) is 8.92. The summed E-state index contributed by atoms with van der Waals surface area (Å²) in [5.74, 6) is -1.39. The van der Waals surface area contributed by atoms with E-state index in [2.05, 4.69) is 38.4 Å². The number of aromatic nitrogens is 2. The number of carbonyl (C=O) groups excluding carboxylic acids is 2. The number of likely N-dealkylation sites (tertiary alicyclic amines) is 1. The maximum absolute atomic E-state index is 15.3. The predicted molar refractivity (Wildman–Crippen MR) is 157 cm³/mol. The second-order valence-electron chi connectivity index (χ2n) is 11.2. The largest absolute Gasteiger partial charge is 0.393 e. The third-order valence-electron chi connectivity index (χ3n) is 8.46. The lowest BCUT2D eigenvalue weighted by molar-refractivity contribution is -0.128. The zero-order valence-corrected chi connectivity index (χ0v) is 24.4. The average Bonchev–Trinajstić information content (AvgIpc) is 3.33. The van der Waals surface area contributed by atoms with Gasteiger partial charge in [0.05, 0.1) is 18.0 Å². The topological polar surface area (TPSA) is 95.4 Å². The zero-order valence-electron chi connectivity index (χ0n) is 23.2. The Balaban J connectivity index is 1.39. The summed E-state index contributed by atoms with van der Waals surface area (Å²) in [6.07, 6.45) is 6.43. The fourth-order valence-electron chi connectivity index (χ4n) is 6.41. The summed E-state index contributed by atoms with van der Waals surface area (Å²) in [6.45, 7) is 5.13. The maximum atomic E-state index is 15.3. The van der Waals surface area contributed by atoms with Crippen LogP contribution in [-0.2, 0) is 11.3 Å². The van der Waals surface area contributed by atoms with Gasteiger partial charge in [0, 0.05) is 31.3 Å². The maximum Gasteiger partial charge on any atom is 0.274 e. The van der Waals surface area contributed by atoms with E-state index in [-0.39, 0.29) is 41.2 Å². The molecule has 1 saturated heterocycles. The number of nitrogens with zero attached hydrogens (tertiary/aromatic N) is 3. The van der Waals surface area contributed by atoms with Crippen LogP contribution in [0, 0.1) is 23.5 Å². The number of anilines is 1. The van der Waals surface area contributed by atoms with E-state index in [1.165, 1.54) is 12.1 Å². The number of hydrogen-bond acceptors (Lipinski definition) is 5. The molecule has 1 aromatic carbocycles. The van der Waals surface area contributed by atoms with Crippen molar-refractivity contribution >= 4 is 32.0 Å². The van der Waals surface area contributed by atoms with Crippen LogP contribution in [0.15, 0.2) is 42.7 Å². The molecule has 0 bridgehead atoms. The predicted octanol–water partition coefficient (Wildman–Crippen LogP) is 5.20. The first kappa shape index (κ1) is 29.2. The van der Waals surface area contributed by atoms with Crippen molar-refractivity contribution in [1.29, 1.82) is 0 Å². The number of nitrogens with one attached hydrogen (secondary N) is 1. The molecule has 0 radical (unpaired) electrons. The number of aliphatic hydroxyl groups excluding tert-OH is 1. The van der Waals surface area contributed by atoms with E-state index < -0.39 is 23.6 Å². The summed E-state index contributed by atoms with van der Waals surface area (Å²) in [6, 6.07) is 7.19. The van der Waals surface area contributed by atoms with Gasteiger partial charge in [0.15, 0.2) is 0 Å². The quantitative estimate of drug-likeness (QED) is 0.375. The van der Waals surface area contributed by atoms with Crippen LogP contribution in [0.3, 0.4) is 0 Å². The molecule has 2 amide bonds. The molecule has 2 N–H and O–H groups in total. The Kier molecular flexibility index (Phi) is 8.76.